The van der Waals surface area contributed by atoms with E-state index in [0.717, 1.165) is 16.7 Å². The highest BCUT2D eigenvalue weighted by Gasteiger charge is 2.04. The zero-order chi connectivity index (χ0) is 8.43. The predicted octanol–water partition coefficient (Wildman–Crippen LogP) is 2.58. The van der Waals surface area contributed by atoms with Crippen molar-refractivity contribution in [3.63, 3.8) is 0 Å². The van der Waals surface area contributed by atoms with E-state index in [1.165, 1.54) is 0 Å². The van der Waals surface area contributed by atoms with E-state index >= 15 is 0 Å². The fourth-order valence-corrected chi connectivity index (χ4v) is 1.56. The second-order valence-corrected chi connectivity index (χ2v) is 3.08. The summed E-state index contributed by atoms with van der Waals surface area (Å²) in [6.45, 7) is 3.91. The van der Waals surface area contributed by atoms with Crippen LogP contribution in [-0.4, -0.2) is 4.98 Å². The zero-order valence-corrected chi connectivity index (χ0v) is 8.13. The molecule has 0 saturated carbocycles. The summed E-state index contributed by atoms with van der Waals surface area (Å²) in [4.78, 5) is 3.89. The maximum Gasteiger partial charge on any atom is 0.133 e. The fourth-order valence-electron chi connectivity index (χ4n) is 0.927. The van der Waals surface area contributed by atoms with Crippen molar-refractivity contribution < 1.29 is 0 Å². The Morgan fingerprint density at radius 1 is 1.55 bits per heavy atom. The Morgan fingerprint density at radius 2 is 2.18 bits per heavy atom. The van der Waals surface area contributed by atoms with Crippen LogP contribution in [0.2, 0.25) is 5.15 Å². The van der Waals surface area contributed by atoms with E-state index in [1.807, 2.05) is 13.8 Å². The lowest BCUT2D eigenvalue weighted by Crippen LogP contribution is -1.93. The summed E-state index contributed by atoms with van der Waals surface area (Å²) in [5.74, 6) is 0.691. The molecule has 1 aromatic rings. The third kappa shape index (κ3) is 1.68. The Balaban J connectivity index is 3.29. The maximum atomic E-state index is 5.79. The van der Waals surface area contributed by atoms with Crippen molar-refractivity contribution >= 4 is 24.2 Å². The molecule has 0 saturated heterocycles. The molecule has 0 spiro atoms. The largest absolute Gasteiger partial charge is 0.234 e. The van der Waals surface area contributed by atoms with Gasteiger partial charge in [0.05, 0.1) is 6.20 Å². The van der Waals surface area contributed by atoms with E-state index in [4.69, 9.17) is 11.6 Å². The van der Waals surface area contributed by atoms with Crippen molar-refractivity contribution in [1.29, 1.82) is 0 Å². The quantitative estimate of drug-likeness (QED) is 0.526. The van der Waals surface area contributed by atoms with Crippen molar-refractivity contribution in [1.82, 2.24) is 4.98 Å². The smallest absolute Gasteiger partial charge is 0.133 e. The van der Waals surface area contributed by atoms with Crippen molar-refractivity contribution in [3.8, 4) is 0 Å². The van der Waals surface area contributed by atoms with Crippen molar-refractivity contribution in [2.75, 3.05) is 0 Å². The number of rotatable bonds is 1. The molecule has 0 atom stereocenters. The second kappa shape index (κ2) is 3.46. The normalized spacial score (nSPS) is 10.2. The topological polar surface area (TPSA) is 12.9 Å². The summed E-state index contributed by atoms with van der Waals surface area (Å²) in [5, 5.41) is 0.527. The van der Waals surface area contributed by atoms with Gasteiger partial charge in [-0.1, -0.05) is 11.6 Å². The number of hydrogen-bond acceptors (Lipinski definition) is 2. The van der Waals surface area contributed by atoms with Gasteiger partial charge in [-0.2, -0.15) is 12.6 Å². The van der Waals surface area contributed by atoms with Gasteiger partial charge in [-0.25, -0.2) is 4.98 Å². The van der Waals surface area contributed by atoms with Gasteiger partial charge in [0, 0.05) is 5.75 Å². The summed E-state index contributed by atoms with van der Waals surface area (Å²) in [5.41, 5.74) is 3.17. The van der Waals surface area contributed by atoms with Gasteiger partial charge in [0.1, 0.15) is 5.15 Å². The molecule has 1 aromatic heterocycles. The van der Waals surface area contributed by atoms with Gasteiger partial charge in [-0.15, -0.1) is 0 Å². The summed E-state index contributed by atoms with van der Waals surface area (Å²) in [7, 11) is 0. The van der Waals surface area contributed by atoms with E-state index in [2.05, 4.69) is 23.8 Å². The maximum absolute atomic E-state index is 5.79. The van der Waals surface area contributed by atoms with Crippen LogP contribution >= 0.6 is 24.2 Å². The molecule has 0 unspecified atom stereocenters. The van der Waals surface area contributed by atoms with Crippen LogP contribution in [0, 0.1) is 20.0 Å². The molecule has 11 heavy (non-hydrogen) atoms. The summed E-state index contributed by atoms with van der Waals surface area (Å²) in [6.07, 6.45) is 2.83. The van der Waals surface area contributed by atoms with E-state index in [-0.39, 0.29) is 0 Å². The number of nitrogens with zero attached hydrogens (tertiary/aromatic N) is 1. The molecule has 0 N–H and O–H groups in total. The molecule has 0 aliphatic rings. The number of aryl methyl sites for hydroxylation is 1. The summed E-state index contributed by atoms with van der Waals surface area (Å²) < 4.78 is 0. The van der Waals surface area contributed by atoms with E-state index < -0.39 is 0 Å². The Bertz CT molecular complexity index is 273. The van der Waals surface area contributed by atoms with Gasteiger partial charge in [0.15, 0.2) is 0 Å². The molecule has 1 nitrogen and oxygen atoms in total. The second-order valence-electron chi connectivity index (χ2n) is 2.40. The average Bonchev–Trinajstić information content (AvgIpc) is 1.99. The zero-order valence-electron chi connectivity index (χ0n) is 6.48. The molecule has 0 aliphatic heterocycles. The van der Waals surface area contributed by atoms with Crippen LogP contribution in [-0.2, 0) is 5.75 Å². The lowest BCUT2D eigenvalue weighted by Gasteiger charge is -2.05. The molecule has 0 fully saturated rings. The fraction of sp³-hybridized carbons (Fsp3) is 0.375. The molecule has 0 bridgehead atoms. The Hall–Kier alpha value is -0.210. The highest BCUT2D eigenvalue weighted by atomic mass is 35.5. The highest BCUT2D eigenvalue weighted by Crippen LogP contribution is 2.20. The molecule has 1 radical (unpaired) electrons. The third-order valence-electron chi connectivity index (χ3n) is 1.69. The number of hydrogen-bond donors (Lipinski definition) is 1. The molecule has 3 heteroatoms. The van der Waals surface area contributed by atoms with Crippen LogP contribution in [0.15, 0.2) is 0 Å². The van der Waals surface area contributed by atoms with Gasteiger partial charge in [-0.05, 0) is 30.5 Å². The van der Waals surface area contributed by atoms with Crippen molar-refractivity contribution in [2.45, 2.75) is 19.6 Å². The minimum atomic E-state index is 0.527. The molecule has 1 rings (SSSR count). The first-order valence-electron chi connectivity index (χ1n) is 3.31. The first-order chi connectivity index (χ1) is 5.16. The van der Waals surface area contributed by atoms with Crippen LogP contribution in [0.1, 0.15) is 16.7 Å². The summed E-state index contributed by atoms with van der Waals surface area (Å²) in [6, 6.07) is 0. The number of thiol groups is 1. The van der Waals surface area contributed by atoms with E-state index in [1.54, 1.807) is 0 Å². The molecule has 1 heterocycles. The average molecular weight is 187 g/mol. The van der Waals surface area contributed by atoms with Gasteiger partial charge < -0.3 is 0 Å². The predicted molar refractivity (Wildman–Crippen MR) is 50.2 cm³/mol. The summed E-state index contributed by atoms with van der Waals surface area (Å²) >= 11 is 9.98. The van der Waals surface area contributed by atoms with Crippen LogP contribution in [0.4, 0.5) is 0 Å². The van der Waals surface area contributed by atoms with E-state index in [9.17, 15) is 0 Å². The van der Waals surface area contributed by atoms with Gasteiger partial charge in [-0.3, -0.25) is 0 Å². The van der Waals surface area contributed by atoms with Crippen LogP contribution < -0.4 is 0 Å². The van der Waals surface area contributed by atoms with Gasteiger partial charge in [0.25, 0.3) is 0 Å². The first-order valence-corrected chi connectivity index (χ1v) is 4.32. The van der Waals surface area contributed by atoms with Gasteiger partial charge >= 0.3 is 0 Å². The van der Waals surface area contributed by atoms with Gasteiger partial charge in [0.2, 0.25) is 0 Å². The Kier molecular flexibility index (Phi) is 2.79. The molecule has 0 amide bonds. The molecule has 0 aromatic carbocycles. The minimum absolute atomic E-state index is 0.527. The Morgan fingerprint density at radius 3 is 2.64 bits per heavy atom. The standard InChI is InChI=1S/C8H9ClNS/c1-5-3-10-8(9)6(2)7(5)4-11/h11H,4H2,1-2H3. The monoisotopic (exact) mass is 186 g/mol. The lowest BCUT2D eigenvalue weighted by atomic mass is 10.1. The van der Waals surface area contributed by atoms with Crippen LogP contribution in [0.25, 0.3) is 0 Å². The minimum Gasteiger partial charge on any atom is -0.234 e. The molecule has 0 aliphatic carbocycles. The highest BCUT2D eigenvalue weighted by molar-refractivity contribution is 7.79. The van der Waals surface area contributed by atoms with Crippen LogP contribution in [0.3, 0.4) is 0 Å². The number of pyridine rings is 1. The lowest BCUT2D eigenvalue weighted by molar-refractivity contribution is 1.14. The van der Waals surface area contributed by atoms with Crippen LogP contribution in [0.5, 0.6) is 0 Å². The number of aromatic nitrogens is 1. The first kappa shape index (κ1) is 8.88. The SMILES string of the molecule is Cc1[c]nc(Cl)c(C)c1CS. The molecular formula is C8H9ClNS. The molecule has 59 valence electrons. The number of halogens is 1. The molecular weight excluding hydrogens is 178 g/mol. The van der Waals surface area contributed by atoms with Crippen molar-refractivity contribution in [3.05, 3.63) is 28.0 Å². The van der Waals surface area contributed by atoms with Crippen molar-refractivity contribution in [2.24, 2.45) is 0 Å². The Labute approximate surface area is 77.2 Å². The van der Waals surface area contributed by atoms with E-state index in [0.29, 0.717) is 10.9 Å². The third-order valence-corrected chi connectivity index (χ3v) is 2.38.